The highest BCUT2D eigenvalue weighted by Gasteiger charge is 2.36. The fourth-order valence-corrected chi connectivity index (χ4v) is 3.65. The van der Waals surface area contributed by atoms with Crippen LogP contribution in [0.5, 0.6) is 0 Å². The minimum atomic E-state index is -2.38. The molecule has 0 aliphatic carbocycles. The van der Waals surface area contributed by atoms with E-state index >= 15 is 0 Å². The molecule has 0 aliphatic rings. The van der Waals surface area contributed by atoms with Gasteiger partial charge in [-0.25, -0.2) is 0 Å². The SMILES string of the molecule is CCCCCC=NCCNCCC[Si](OC)(OC)OC. The lowest BCUT2D eigenvalue weighted by Crippen LogP contribution is -2.43. The van der Waals surface area contributed by atoms with Crippen molar-refractivity contribution in [1.29, 1.82) is 0 Å². The van der Waals surface area contributed by atoms with E-state index < -0.39 is 8.80 Å². The summed E-state index contributed by atoms with van der Waals surface area (Å²) in [5, 5.41) is 3.37. The number of nitrogens with one attached hydrogen (secondary N) is 1. The van der Waals surface area contributed by atoms with E-state index in [1.807, 2.05) is 0 Å². The van der Waals surface area contributed by atoms with E-state index in [9.17, 15) is 0 Å². The van der Waals surface area contributed by atoms with Gasteiger partial charge in [-0.2, -0.15) is 0 Å². The average Bonchev–Trinajstić information content (AvgIpc) is 2.49. The minimum Gasteiger partial charge on any atom is -0.377 e. The second-order valence-corrected chi connectivity index (χ2v) is 7.82. The molecule has 1 N–H and O–H groups in total. The van der Waals surface area contributed by atoms with Gasteiger partial charge in [0.1, 0.15) is 0 Å². The Morgan fingerprint density at radius 3 is 2.30 bits per heavy atom. The van der Waals surface area contributed by atoms with Crippen LogP contribution in [0.4, 0.5) is 0 Å². The predicted octanol–water partition coefficient (Wildman–Crippen LogP) is 2.50. The number of rotatable bonds is 14. The van der Waals surface area contributed by atoms with Crippen LogP contribution in [0, 0.1) is 0 Å². The van der Waals surface area contributed by atoms with Gasteiger partial charge in [0.15, 0.2) is 0 Å². The second-order valence-electron chi connectivity index (χ2n) is 4.73. The second kappa shape index (κ2) is 13.7. The van der Waals surface area contributed by atoms with Crippen molar-refractivity contribution in [1.82, 2.24) is 5.32 Å². The van der Waals surface area contributed by atoms with Crippen LogP contribution in [-0.4, -0.2) is 56.0 Å². The molecule has 0 aromatic carbocycles. The van der Waals surface area contributed by atoms with Gasteiger partial charge in [0.25, 0.3) is 0 Å². The molecule has 0 spiro atoms. The van der Waals surface area contributed by atoms with Crippen molar-refractivity contribution in [3.8, 4) is 0 Å². The van der Waals surface area contributed by atoms with Crippen LogP contribution in [0.3, 0.4) is 0 Å². The summed E-state index contributed by atoms with van der Waals surface area (Å²) in [7, 11) is 2.58. The summed E-state index contributed by atoms with van der Waals surface area (Å²) < 4.78 is 16.1. The maximum absolute atomic E-state index is 5.37. The number of unbranched alkanes of at least 4 members (excludes halogenated alkanes) is 3. The molecule has 0 radical (unpaired) electrons. The molecule has 0 aromatic rings. The summed E-state index contributed by atoms with van der Waals surface area (Å²) in [5.74, 6) is 0. The zero-order valence-electron chi connectivity index (χ0n) is 13.6. The third kappa shape index (κ3) is 9.60. The standard InChI is InChI=1S/C14H32N2O3Si/c1-5-6-7-8-10-15-12-13-16-11-9-14-20(17-2,18-3)19-4/h10,16H,5-9,11-14H2,1-4H3. The fraction of sp³-hybridized carbons (Fsp3) is 0.929. The number of hydrogen-bond acceptors (Lipinski definition) is 5. The van der Waals surface area contributed by atoms with E-state index in [1.54, 1.807) is 21.3 Å². The Hall–Kier alpha value is -0.273. The number of hydrogen-bond donors (Lipinski definition) is 1. The van der Waals surface area contributed by atoms with Crippen molar-refractivity contribution >= 4 is 15.0 Å². The highest BCUT2D eigenvalue weighted by atomic mass is 28.4. The van der Waals surface area contributed by atoms with Gasteiger partial charge in [-0.1, -0.05) is 19.8 Å². The summed E-state index contributed by atoms with van der Waals surface area (Å²) in [4.78, 5) is 4.39. The van der Waals surface area contributed by atoms with Gasteiger partial charge in [0.2, 0.25) is 0 Å². The van der Waals surface area contributed by atoms with E-state index in [0.29, 0.717) is 0 Å². The number of aliphatic imine (C=N–C) groups is 1. The number of nitrogens with zero attached hydrogens (tertiary/aromatic N) is 1. The topological polar surface area (TPSA) is 52.1 Å². The Kier molecular flexibility index (Phi) is 13.5. The summed E-state index contributed by atoms with van der Waals surface area (Å²) >= 11 is 0. The smallest absolute Gasteiger partial charge is 0.377 e. The molecule has 0 bridgehead atoms. The van der Waals surface area contributed by atoms with Crippen LogP contribution >= 0.6 is 0 Å². The maximum Gasteiger partial charge on any atom is 0.500 e. The quantitative estimate of drug-likeness (QED) is 0.304. The van der Waals surface area contributed by atoms with Gasteiger partial charge >= 0.3 is 8.80 Å². The molecule has 0 amide bonds. The van der Waals surface area contributed by atoms with E-state index in [0.717, 1.165) is 38.5 Å². The van der Waals surface area contributed by atoms with Crippen LogP contribution < -0.4 is 5.32 Å². The van der Waals surface area contributed by atoms with Gasteiger partial charge in [-0.15, -0.1) is 0 Å². The van der Waals surface area contributed by atoms with Crippen molar-refractivity contribution in [2.75, 3.05) is 41.0 Å². The molecule has 0 aromatic heterocycles. The van der Waals surface area contributed by atoms with E-state index in [2.05, 4.69) is 23.4 Å². The molecule has 6 heteroatoms. The molecule has 0 fully saturated rings. The molecule has 0 unspecified atom stereocenters. The van der Waals surface area contributed by atoms with Crippen LogP contribution in [0.1, 0.15) is 39.0 Å². The first kappa shape index (κ1) is 19.7. The lowest BCUT2D eigenvalue weighted by molar-refractivity contribution is 0.123. The van der Waals surface area contributed by atoms with Crippen molar-refractivity contribution in [3.63, 3.8) is 0 Å². The van der Waals surface area contributed by atoms with Crippen molar-refractivity contribution in [2.24, 2.45) is 4.99 Å². The minimum absolute atomic E-state index is 0.837. The first-order valence-corrected chi connectivity index (χ1v) is 9.52. The zero-order valence-corrected chi connectivity index (χ0v) is 14.6. The Morgan fingerprint density at radius 1 is 1.00 bits per heavy atom. The van der Waals surface area contributed by atoms with Crippen molar-refractivity contribution < 1.29 is 13.3 Å². The average molecular weight is 305 g/mol. The Labute approximate surface area is 125 Å². The van der Waals surface area contributed by atoms with Crippen LogP contribution in [-0.2, 0) is 13.3 Å². The fourth-order valence-electron chi connectivity index (χ4n) is 1.92. The molecule has 0 saturated heterocycles. The van der Waals surface area contributed by atoms with Gasteiger partial charge < -0.3 is 18.6 Å². The Bertz CT molecular complexity index is 228. The van der Waals surface area contributed by atoms with Gasteiger partial charge in [-0.05, 0) is 32.0 Å². The van der Waals surface area contributed by atoms with Crippen LogP contribution in [0.15, 0.2) is 4.99 Å². The molecule has 0 saturated carbocycles. The largest absolute Gasteiger partial charge is 0.500 e. The van der Waals surface area contributed by atoms with E-state index in [4.69, 9.17) is 13.3 Å². The van der Waals surface area contributed by atoms with E-state index in [-0.39, 0.29) is 0 Å². The van der Waals surface area contributed by atoms with Crippen molar-refractivity contribution in [3.05, 3.63) is 0 Å². The zero-order chi connectivity index (χ0) is 15.1. The first-order valence-electron chi connectivity index (χ1n) is 7.59. The molecular formula is C14H32N2O3Si. The van der Waals surface area contributed by atoms with E-state index in [1.165, 1.54) is 19.3 Å². The normalized spacial score (nSPS) is 12.4. The monoisotopic (exact) mass is 304 g/mol. The third-order valence-corrected chi connectivity index (χ3v) is 6.09. The maximum atomic E-state index is 5.37. The molecule has 0 atom stereocenters. The molecule has 0 rings (SSSR count). The molecule has 20 heavy (non-hydrogen) atoms. The Balaban J connectivity index is 3.44. The molecule has 0 heterocycles. The van der Waals surface area contributed by atoms with Crippen LogP contribution in [0.25, 0.3) is 0 Å². The summed E-state index contributed by atoms with van der Waals surface area (Å²) in [6.07, 6.45) is 7.97. The highest BCUT2D eigenvalue weighted by Crippen LogP contribution is 2.14. The van der Waals surface area contributed by atoms with Gasteiger partial charge in [0.05, 0.1) is 6.54 Å². The van der Waals surface area contributed by atoms with Crippen molar-refractivity contribution in [2.45, 2.75) is 45.1 Å². The molecular weight excluding hydrogens is 272 g/mol. The molecule has 120 valence electrons. The third-order valence-electron chi connectivity index (χ3n) is 3.25. The summed E-state index contributed by atoms with van der Waals surface area (Å²) in [5.41, 5.74) is 0. The van der Waals surface area contributed by atoms with Gasteiger partial charge in [-0.3, -0.25) is 4.99 Å². The predicted molar refractivity (Wildman–Crippen MR) is 86.6 cm³/mol. The Morgan fingerprint density at radius 2 is 1.70 bits per heavy atom. The lowest BCUT2D eigenvalue weighted by atomic mass is 10.2. The van der Waals surface area contributed by atoms with Crippen LogP contribution in [0.2, 0.25) is 6.04 Å². The first-order chi connectivity index (χ1) is 9.74. The van der Waals surface area contributed by atoms with Gasteiger partial charge in [0, 0.05) is 33.9 Å². The lowest BCUT2D eigenvalue weighted by Gasteiger charge is -2.24. The summed E-state index contributed by atoms with van der Waals surface area (Å²) in [6.45, 7) is 4.94. The summed E-state index contributed by atoms with van der Waals surface area (Å²) in [6, 6.07) is 0.837. The highest BCUT2D eigenvalue weighted by molar-refractivity contribution is 6.60. The molecule has 5 nitrogen and oxygen atoms in total. The molecule has 0 aliphatic heterocycles.